The van der Waals surface area contributed by atoms with Crippen LogP contribution in [0.25, 0.3) is 0 Å². The van der Waals surface area contributed by atoms with Gasteiger partial charge in [-0.3, -0.25) is 0 Å². The van der Waals surface area contributed by atoms with Crippen LogP contribution in [0.3, 0.4) is 0 Å². The number of hydrogen-bond donors (Lipinski definition) is 2. The maximum atomic E-state index is 13.5. The zero-order chi connectivity index (χ0) is 14.7. The fourth-order valence-electron chi connectivity index (χ4n) is 1.96. The van der Waals surface area contributed by atoms with Gasteiger partial charge in [0.25, 0.3) is 0 Å². The maximum absolute atomic E-state index is 13.5. The van der Waals surface area contributed by atoms with Gasteiger partial charge < -0.3 is 10.4 Å². The van der Waals surface area contributed by atoms with Gasteiger partial charge in [-0.15, -0.1) is 0 Å². The second-order valence-electron chi connectivity index (χ2n) is 4.88. The van der Waals surface area contributed by atoms with Crippen molar-refractivity contribution < 1.29 is 9.50 Å². The van der Waals surface area contributed by atoms with Crippen LogP contribution in [-0.2, 0) is 6.54 Å². The molecular weight excluding hydrogens is 277 g/mol. The second-order valence-corrected chi connectivity index (χ2v) is 5.32. The number of aryl methyl sites for hydroxylation is 1. The minimum Gasteiger partial charge on any atom is -0.508 e. The zero-order valence-corrected chi connectivity index (χ0v) is 12.2. The van der Waals surface area contributed by atoms with E-state index in [9.17, 15) is 9.50 Å². The second kappa shape index (κ2) is 6.25. The van der Waals surface area contributed by atoms with Gasteiger partial charge in [0.15, 0.2) is 0 Å². The summed E-state index contributed by atoms with van der Waals surface area (Å²) >= 11 is 5.90. The molecule has 0 fully saturated rings. The first-order valence-electron chi connectivity index (χ1n) is 6.44. The summed E-state index contributed by atoms with van der Waals surface area (Å²) in [5.41, 5.74) is 2.22. The van der Waals surface area contributed by atoms with Gasteiger partial charge in [-0.25, -0.2) is 4.39 Å². The predicted molar refractivity (Wildman–Crippen MR) is 79.5 cm³/mol. The third-order valence-electron chi connectivity index (χ3n) is 3.34. The molecule has 1 unspecified atom stereocenters. The van der Waals surface area contributed by atoms with Crippen molar-refractivity contribution in [3.05, 3.63) is 63.9 Å². The zero-order valence-electron chi connectivity index (χ0n) is 11.5. The molecule has 0 bridgehead atoms. The summed E-state index contributed by atoms with van der Waals surface area (Å²) in [5, 5.41) is 13.6. The van der Waals surface area contributed by atoms with E-state index in [0.717, 1.165) is 11.1 Å². The standard InChI is InChI=1S/C16H17ClFNO/c1-10-3-4-12(8-15(10)18)11(2)19-9-13-7-14(17)5-6-16(13)20/h3-8,11,19-20H,9H2,1-2H3. The summed E-state index contributed by atoms with van der Waals surface area (Å²) in [6.45, 7) is 4.15. The Morgan fingerprint density at radius 3 is 2.70 bits per heavy atom. The van der Waals surface area contributed by atoms with Crippen molar-refractivity contribution in [2.75, 3.05) is 0 Å². The molecule has 0 radical (unpaired) electrons. The smallest absolute Gasteiger partial charge is 0.126 e. The number of benzene rings is 2. The monoisotopic (exact) mass is 293 g/mol. The predicted octanol–water partition coefficient (Wildman–Crippen LogP) is 4.34. The van der Waals surface area contributed by atoms with Gasteiger partial charge in [0, 0.05) is 23.2 Å². The number of aromatic hydroxyl groups is 1. The average molecular weight is 294 g/mol. The first-order chi connectivity index (χ1) is 9.47. The Balaban J connectivity index is 2.06. The van der Waals surface area contributed by atoms with E-state index in [-0.39, 0.29) is 17.6 Å². The highest BCUT2D eigenvalue weighted by atomic mass is 35.5. The van der Waals surface area contributed by atoms with Crippen molar-refractivity contribution in [1.29, 1.82) is 0 Å². The van der Waals surface area contributed by atoms with Crippen molar-refractivity contribution >= 4 is 11.6 Å². The largest absolute Gasteiger partial charge is 0.508 e. The van der Waals surface area contributed by atoms with Crippen molar-refractivity contribution in [1.82, 2.24) is 5.32 Å². The van der Waals surface area contributed by atoms with Crippen LogP contribution in [-0.4, -0.2) is 5.11 Å². The summed E-state index contributed by atoms with van der Waals surface area (Å²) in [6.07, 6.45) is 0. The van der Waals surface area contributed by atoms with E-state index in [2.05, 4.69) is 5.32 Å². The van der Waals surface area contributed by atoms with Crippen LogP contribution < -0.4 is 5.32 Å². The van der Waals surface area contributed by atoms with Gasteiger partial charge in [-0.05, 0) is 49.2 Å². The molecule has 0 saturated heterocycles. The van der Waals surface area contributed by atoms with E-state index in [1.807, 2.05) is 13.0 Å². The van der Waals surface area contributed by atoms with E-state index in [0.29, 0.717) is 17.1 Å². The molecule has 4 heteroatoms. The summed E-state index contributed by atoms with van der Waals surface area (Å²) in [5.74, 6) is -0.00839. The summed E-state index contributed by atoms with van der Waals surface area (Å²) in [6, 6.07) is 10.1. The molecular formula is C16H17ClFNO. The molecule has 0 aliphatic rings. The number of hydrogen-bond acceptors (Lipinski definition) is 2. The van der Waals surface area contributed by atoms with Gasteiger partial charge in [-0.1, -0.05) is 23.7 Å². The Bertz CT molecular complexity index is 615. The molecule has 0 amide bonds. The molecule has 0 spiro atoms. The first-order valence-corrected chi connectivity index (χ1v) is 6.82. The molecule has 2 aromatic rings. The molecule has 2 nitrogen and oxygen atoms in total. The van der Waals surface area contributed by atoms with Crippen LogP contribution in [0.15, 0.2) is 36.4 Å². The third-order valence-corrected chi connectivity index (χ3v) is 3.57. The van der Waals surface area contributed by atoms with Crippen LogP contribution in [0.4, 0.5) is 4.39 Å². The molecule has 0 aliphatic carbocycles. The fourth-order valence-corrected chi connectivity index (χ4v) is 2.15. The van der Waals surface area contributed by atoms with Crippen LogP contribution >= 0.6 is 11.6 Å². The normalized spacial score (nSPS) is 12.4. The summed E-state index contributed by atoms with van der Waals surface area (Å²) in [7, 11) is 0. The third kappa shape index (κ3) is 3.50. The van der Waals surface area contributed by atoms with Crippen molar-refractivity contribution in [2.24, 2.45) is 0 Å². The lowest BCUT2D eigenvalue weighted by atomic mass is 10.1. The fraction of sp³-hybridized carbons (Fsp3) is 0.250. The van der Waals surface area contributed by atoms with Gasteiger partial charge >= 0.3 is 0 Å². The number of halogens is 2. The number of phenols is 1. The Morgan fingerprint density at radius 2 is 2.00 bits per heavy atom. The highest BCUT2D eigenvalue weighted by Crippen LogP contribution is 2.23. The summed E-state index contributed by atoms with van der Waals surface area (Å²) < 4.78 is 13.5. The first kappa shape index (κ1) is 14.8. The maximum Gasteiger partial charge on any atom is 0.126 e. The molecule has 2 N–H and O–H groups in total. The summed E-state index contributed by atoms with van der Waals surface area (Å²) in [4.78, 5) is 0. The van der Waals surface area contributed by atoms with Crippen molar-refractivity contribution in [3.63, 3.8) is 0 Å². The Labute approximate surface area is 123 Å². The van der Waals surface area contributed by atoms with Crippen LogP contribution in [0.5, 0.6) is 5.75 Å². The lowest BCUT2D eigenvalue weighted by molar-refractivity contribution is 0.460. The van der Waals surface area contributed by atoms with Gasteiger partial charge in [0.1, 0.15) is 11.6 Å². The van der Waals surface area contributed by atoms with Crippen LogP contribution in [0.1, 0.15) is 29.7 Å². The molecule has 0 aromatic heterocycles. The number of phenolic OH excluding ortho intramolecular Hbond substituents is 1. The molecule has 106 valence electrons. The number of nitrogens with one attached hydrogen (secondary N) is 1. The lowest BCUT2D eigenvalue weighted by Crippen LogP contribution is -2.18. The minimum atomic E-state index is -0.207. The molecule has 0 aliphatic heterocycles. The average Bonchev–Trinajstić information content (AvgIpc) is 2.42. The molecule has 20 heavy (non-hydrogen) atoms. The van der Waals surface area contributed by atoms with Crippen molar-refractivity contribution in [3.8, 4) is 5.75 Å². The van der Waals surface area contributed by atoms with Gasteiger partial charge in [-0.2, -0.15) is 0 Å². The van der Waals surface area contributed by atoms with Crippen molar-refractivity contribution in [2.45, 2.75) is 26.4 Å². The van der Waals surface area contributed by atoms with Gasteiger partial charge in [0.05, 0.1) is 0 Å². The molecule has 0 saturated carbocycles. The Hall–Kier alpha value is -1.58. The topological polar surface area (TPSA) is 32.3 Å². The quantitative estimate of drug-likeness (QED) is 0.878. The minimum absolute atomic E-state index is 0.0246. The Kier molecular flexibility index (Phi) is 4.63. The number of rotatable bonds is 4. The highest BCUT2D eigenvalue weighted by Gasteiger charge is 2.09. The van der Waals surface area contributed by atoms with Gasteiger partial charge in [0.2, 0.25) is 0 Å². The van der Waals surface area contributed by atoms with Crippen LogP contribution in [0, 0.1) is 12.7 Å². The molecule has 2 rings (SSSR count). The Morgan fingerprint density at radius 1 is 1.25 bits per heavy atom. The SMILES string of the molecule is Cc1ccc(C(C)NCc2cc(Cl)ccc2O)cc1F. The van der Waals surface area contributed by atoms with E-state index in [1.54, 1.807) is 31.2 Å². The van der Waals surface area contributed by atoms with Crippen LogP contribution in [0.2, 0.25) is 5.02 Å². The van der Waals surface area contributed by atoms with E-state index < -0.39 is 0 Å². The van der Waals surface area contributed by atoms with E-state index >= 15 is 0 Å². The molecule has 2 aromatic carbocycles. The van der Waals surface area contributed by atoms with E-state index in [1.165, 1.54) is 6.07 Å². The lowest BCUT2D eigenvalue weighted by Gasteiger charge is -2.15. The molecule has 1 atom stereocenters. The molecule has 0 heterocycles. The highest BCUT2D eigenvalue weighted by molar-refractivity contribution is 6.30. The van der Waals surface area contributed by atoms with E-state index in [4.69, 9.17) is 11.6 Å².